The molecule has 150 valence electrons. The summed E-state index contributed by atoms with van der Waals surface area (Å²) in [5.74, 6) is -1.53. The van der Waals surface area contributed by atoms with Gasteiger partial charge >= 0.3 is 0 Å². The van der Waals surface area contributed by atoms with E-state index in [1.54, 1.807) is 6.07 Å². The summed E-state index contributed by atoms with van der Waals surface area (Å²) in [6, 6.07) is 14.6. The van der Waals surface area contributed by atoms with Crippen LogP contribution in [0.2, 0.25) is 0 Å². The second-order valence-electron chi connectivity index (χ2n) is 6.20. The van der Waals surface area contributed by atoms with Crippen LogP contribution in [0, 0.1) is 5.82 Å². The van der Waals surface area contributed by atoms with Gasteiger partial charge in [-0.1, -0.05) is 56.3 Å². The van der Waals surface area contributed by atoms with Gasteiger partial charge in [-0.2, -0.15) is 0 Å². The van der Waals surface area contributed by atoms with Gasteiger partial charge in [0.1, 0.15) is 6.04 Å². The Bertz CT molecular complexity index is 781. The van der Waals surface area contributed by atoms with Crippen LogP contribution in [-0.2, 0) is 9.59 Å². The lowest BCUT2D eigenvalue weighted by Crippen LogP contribution is -2.51. The number of amides is 2. The van der Waals surface area contributed by atoms with Crippen molar-refractivity contribution in [2.45, 2.75) is 32.9 Å². The molecule has 0 saturated heterocycles. The molecular formula is C21H26FN3O3. The van der Waals surface area contributed by atoms with E-state index in [0.29, 0.717) is 13.1 Å². The lowest BCUT2D eigenvalue weighted by Gasteiger charge is -2.29. The minimum Gasteiger partial charge on any atom is -0.478 e. The Morgan fingerprint density at radius 3 is 2.14 bits per heavy atom. The number of hydrogen-bond acceptors (Lipinski definition) is 4. The summed E-state index contributed by atoms with van der Waals surface area (Å²) in [4.78, 5) is 27.0. The summed E-state index contributed by atoms with van der Waals surface area (Å²) in [5.41, 5.74) is 5.65. The third-order valence-electron chi connectivity index (χ3n) is 4.36. The van der Waals surface area contributed by atoms with Crippen LogP contribution in [0.5, 0.6) is 5.75 Å². The molecule has 0 fully saturated rings. The van der Waals surface area contributed by atoms with Gasteiger partial charge in [0.15, 0.2) is 17.7 Å². The number of para-hydroxylation sites is 1. The molecule has 0 saturated carbocycles. The van der Waals surface area contributed by atoms with E-state index in [-0.39, 0.29) is 11.7 Å². The number of nitrogens with zero attached hydrogens (tertiary/aromatic N) is 1. The number of carbonyl (C=O) groups excluding carboxylic acids is 2. The molecule has 6 nitrogen and oxygen atoms in total. The maximum absolute atomic E-state index is 13.7. The van der Waals surface area contributed by atoms with Crippen LogP contribution >= 0.6 is 0 Å². The maximum atomic E-state index is 13.7. The fraction of sp³-hybridized carbons (Fsp3) is 0.333. The second-order valence-corrected chi connectivity index (χ2v) is 6.20. The van der Waals surface area contributed by atoms with Crippen molar-refractivity contribution in [2.24, 2.45) is 0 Å². The van der Waals surface area contributed by atoms with E-state index in [2.05, 4.69) is 10.9 Å². The third kappa shape index (κ3) is 5.53. The van der Waals surface area contributed by atoms with Crippen molar-refractivity contribution in [2.75, 3.05) is 13.1 Å². The smallest absolute Gasteiger partial charge is 0.279 e. The number of halogens is 1. The van der Waals surface area contributed by atoms with E-state index in [1.807, 2.05) is 49.1 Å². The second kappa shape index (κ2) is 10.4. The summed E-state index contributed by atoms with van der Waals surface area (Å²) in [6.07, 6.45) is -0.985. The van der Waals surface area contributed by atoms with Crippen molar-refractivity contribution in [3.63, 3.8) is 0 Å². The lowest BCUT2D eigenvalue weighted by molar-refractivity contribution is -0.135. The minimum absolute atomic E-state index is 0.0261. The number of likely N-dealkylation sites (N-methyl/N-ethyl adjacent to an activating group) is 1. The van der Waals surface area contributed by atoms with E-state index < -0.39 is 23.9 Å². The molecule has 28 heavy (non-hydrogen) atoms. The molecule has 0 bridgehead atoms. The first-order chi connectivity index (χ1) is 13.5. The van der Waals surface area contributed by atoms with E-state index in [1.165, 1.54) is 25.1 Å². The van der Waals surface area contributed by atoms with Crippen LogP contribution in [0.3, 0.4) is 0 Å². The predicted molar refractivity (Wildman–Crippen MR) is 105 cm³/mol. The molecular weight excluding hydrogens is 361 g/mol. The highest BCUT2D eigenvalue weighted by molar-refractivity contribution is 5.87. The van der Waals surface area contributed by atoms with Crippen LogP contribution in [0.15, 0.2) is 54.6 Å². The van der Waals surface area contributed by atoms with Gasteiger partial charge in [0, 0.05) is 0 Å². The van der Waals surface area contributed by atoms with Crippen molar-refractivity contribution in [3.8, 4) is 5.75 Å². The topological polar surface area (TPSA) is 70.7 Å². The molecule has 2 amide bonds. The molecule has 0 spiro atoms. The van der Waals surface area contributed by atoms with Crippen molar-refractivity contribution < 1.29 is 18.7 Å². The molecule has 2 unspecified atom stereocenters. The molecule has 0 aliphatic rings. The van der Waals surface area contributed by atoms with Crippen LogP contribution < -0.4 is 15.6 Å². The standard InChI is InChI=1S/C21H26FN3O3/c1-4-25(5-2)19(16-11-7-6-8-12-16)21(27)24-23-20(26)15(3)28-18-14-10-9-13-17(18)22/h6-15,19H,4-5H2,1-3H3,(H,23,26)(H,24,27). The summed E-state index contributed by atoms with van der Waals surface area (Å²) in [5, 5.41) is 0. The Labute approximate surface area is 164 Å². The Morgan fingerprint density at radius 2 is 1.54 bits per heavy atom. The molecule has 0 aliphatic carbocycles. The summed E-state index contributed by atoms with van der Waals surface area (Å²) >= 11 is 0. The maximum Gasteiger partial charge on any atom is 0.279 e. The highest BCUT2D eigenvalue weighted by atomic mass is 19.1. The number of rotatable bonds is 8. The first-order valence-corrected chi connectivity index (χ1v) is 9.27. The van der Waals surface area contributed by atoms with Crippen LogP contribution in [0.25, 0.3) is 0 Å². The Morgan fingerprint density at radius 1 is 0.964 bits per heavy atom. The monoisotopic (exact) mass is 387 g/mol. The molecule has 2 aromatic carbocycles. The summed E-state index contributed by atoms with van der Waals surface area (Å²) < 4.78 is 19.0. The van der Waals surface area contributed by atoms with Crippen molar-refractivity contribution >= 4 is 11.8 Å². The lowest BCUT2D eigenvalue weighted by atomic mass is 10.0. The first kappa shape index (κ1) is 21.4. The van der Waals surface area contributed by atoms with Gasteiger partial charge < -0.3 is 4.74 Å². The summed E-state index contributed by atoms with van der Waals surface area (Å²) in [6.45, 7) is 6.76. The quantitative estimate of drug-likeness (QED) is 0.684. The molecule has 2 aromatic rings. The number of ether oxygens (including phenoxy) is 1. The van der Waals surface area contributed by atoms with E-state index >= 15 is 0 Å². The zero-order chi connectivity index (χ0) is 20.5. The van der Waals surface area contributed by atoms with Crippen LogP contribution in [-0.4, -0.2) is 35.9 Å². The highest BCUT2D eigenvalue weighted by Crippen LogP contribution is 2.20. The third-order valence-corrected chi connectivity index (χ3v) is 4.36. The van der Waals surface area contributed by atoms with Gasteiger partial charge in [0.2, 0.25) is 0 Å². The van der Waals surface area contributed by atoms with Gasteiger partial charge in [0.05, 0.1) is 0 Å². The molecule has 2 rings (SSSR count). The molecule has 2 atom stereocenters. The average Bonchev–Trinajstić information content (AvgIpc) is 2.72. The largest absolute Gasteiger partial charge is 0.478 e. The molecule has 2 N–H and O–H groups in total. The molecule has 0 heterocycles. The fourth-order valence-electron chi connectivity index (χ4n) is 2.83. The predicted octanol–water partition coefficient (Wildman–Crippen LogP) is 2.82. The van der Waals surface area contributed by atoms with Crippen molar-refractivity contribution in [3.05, 3.63) is 66.0 Å². The van der Waals surface area contributed by atoms with Gasteiger partial charge in [-0.3, -0.25) is 25.3 Å². The van der Waals surface area contributed by atoms with E-state index in [0.717, 1.165) is 5.56 Å². The zero-order valence-corrected chi connectivity index (χ0v) is 16.3. The van der Waals surface area contributed by atoms with E-state index in [9.17, 15) is 14.0 Å². The Kier molecular flexibility index (Phi) is 7.95. The number of hydrazine groups is 1. The number of hydrogen-bond donors (Lipinski definition) is 2. The van der Waals surface area contributed by atoms with Gasteiger partial charge in [0.25, 0.3) is 11.8 Å². The minimum atomic E-state index is -0.985. The Balaban J connectivity index is 2.01. The van der Waals surface area contributed by atoms with Gasteiger partial charge in [-0.05, 0) is 37.7 Å². The van der Waals surface area contributed by atoms with Crippen molar-refractivity contribution in [1.82, 2.24) is 15.8 Å². The molecule has 0 aliphatic heterocycles. The zero-order valence-electron chi connectivity index (χ0n) is 16.3. The fourth-order valence-corrected chi connectivity index (χ4v) is 2.83. The van der Waals surface area contributed by atoms with Gasteiger partial charge in [-0.15, -0.1) is 0 Å². The summed E-state index contributed by atoms with van der Waals surface area (Å²) in [7, 11) is 0. The first-order valence-electron chi connectivity index (χ1n) is 9.27. The SMILES string of the molecule is CCN(CC)C(C(=O)NNC(=O)C(C)Oc1ccccc1F)c1ccccc1. The van der Waals surface area contributed by atoms with E-state index in [4.69, 9.17) is 4.74 Å². The number of benzene rings is 2. The van der Waals surface area contributed by atoms with Crippen LogP contribution in [0.4, 0.5) is 4.39 Å². The van der Waals surface area contributed by atoms with Gasteiger partial charge in [-0.25, -0.2) is 4.39 Å². The Hall–Kier alpha value is -2.93. The van der Waals surface area contributed by atoms with Crippen LogP contribution in [0.1, 0.15) is 32.4 Å². The number of carbonyl (C=O) groups is 2. The highest BCUT2D eigenvalue weighted by Gasteiger charge is 2.26. The van der Waals surface area contributed by atoms with Crippen molar-refractivity contribution in [1.29, 1.82) is 0 Å². The number of nitrogens with one attached hydrogen (secondary N) is 2. The molecule has 7 heteroatoms. The molecule has 0 aromatic heterocycles. The average molecular weight is 387 g/mol. The normalized spacial score (nSPS) is 12.9. The molecule has 0 radical (unpaired) electrons.